The summed E-state index contributed by atoms with van der Waals surface area (Å²) in [5, 5.41) is 12.1. The average molecular weight is 620 g/mol. The van der Waals surface area contributed by atoms with Gasteiger partial charge in [-0.1, -0.05) is 22.0 Å². The molecular formula is C19H13Br2IN2O4. The minimum Gasteiger partial charge on any atom is -0.480 e. The molecule has 1 amide bonds. The molecule has 28 heavy (non-hydrogen) atoms. The van der Waals surface area contributed by atoms with Crippen LogP contribution < -0.4 is 10.1 Å². The third-order valence-corrected chi connectivity index (χ3v) is 5.22. The van der Waals surface area contributed by atoms with Crippen LogP contribution in [0.25, 0.3) is 6.08 Å². The fourth-order valence-electron chi connectivity index (χ4n) is 2.07. The first-order valence-electron chi connectivity index (χ1n) is 7.71. The Morgan fingerprint density at radius 1 is 1.29 bits per heavy atom. The highest BCUT2D eigenvalue weighted by Gasteiger charge is 2.14. The third-order valence-electron chi connectivity index (χ3n) is 3.34. The molecule has 0 atom stereocenters. The smallest absolute Gasteiger partial charge is 0.343 e. The SMILES string of the molecule is COC(=O)COc1c(Br)cc(/C=C(/C#N)C(=O)Nc2cccc(Br)c2)cc1I. The van der Waals surface area contributed by atoms with Gasteiger partial charge in [0, 0.05) is 10.2 Å². The molecular weight excluding hydrogens is 607 g/mol. The Bertz CT molecular complexity index is 963. The molecule has 0 heterocycles. The second kappa shape index (κ2) is 10.6. The minimum atomic E-state index is -0.516. The van der Waals surface area contributed by atoms with Crippen molar-refractivity contribution in [2.24, 2.45) is 0 Å². The summed E-state index contributed by atoms with van der Waals surface area (Å²) < 4.78 is 12.1. The molecule has 0 radical (unpaired) electrons. The summed E-state index contributed by atoms with van der Waals surface area (Å²) in [6, 6.07) is 12.4. The van der Waals surface area contributed by atoms with Gasteiger partial charge in [0.05, 0.1) is 15.2 Å². The summed E-state index contributed by atoms with van der Waals surface area (Å²) in [5.74, 6) is -0.541. The number of nitrogens with zero attached hydrogens (tertiary/aromatic N) is 1. The molecule has 144 valence electrons. The minimum absolute atomic E-state index is 0.0501. The van der Waals surface area contributed by atoms with E-state index in [-0.39, 0.29) is 12.2 Å². The van der Waals surface area contributed by atoms with Crippen LogP contribution in [0, 0.1) is 14.9 Å². The lowest BCUT2D eigenvalue weighted by Gasteiger charge is -2.10. The van der Waals surface area contributed by atoms with Crippen molar-refractivity contribution in [2.45, 2.75) is 0 Å². The summed E-state index contributed by atoms with van der Waals surface area (Å²) in [6.07, 6.45) is 1.48. The maximum atomic E-state index is 12.4. The van der Waals surface area contributed by atoms with Crippen LogP contribution in [0.15, 0.2) is 50.9 Å². The monoisotopic (exact) mass is 618 g/mol. The molecule has 0 aliphatic rings. The van der Waals surface area contributed by atoms with Crippen LogP contribution in [0.5, 0.6) is 5.75 Å². The first kappa shape index (κ1) is 22.4. The van der Waals surface area contributed by atoms with E-state index in [1.807, 2.05) is 34.7 Å². The molecule has 0 saturated carbocycles. The van der Waals surface area contributed by atoms with Crippen LogP contribution in [0.4, 0.5) is 5.69 Å². The second-order valence-electron chi connectivity index (χ2n) is 5.31. The number of halogens is 3. The van der Waals surface area contributed by atoms with Gasteiger partial charge in [-0.15, -0.1) is 0 Å². The lowest BCUT2D eigenvalue weighted by molar-refractivity contribution is -0.142. The Hall–Kier alpha value is -1.90. The number of benzene rings is 2. The fourth-order valence-corrected chi connectivity index (χ4v) is 4.24. The number of ether oxygens (including phenoxy) is 2. The van der Waals surface area contributed by atoms with E-state index in [0.717, 1.165) is 4.47 Å². The lowest BCUT2D eigenvalue weighted by Crippen LogP contribution is -2.14. The zero-order valence-electron chi connectivity index (χ0n) is 14.5. The number of hydrogen-bond donors (Lipinski definition) is 1. The molecule has 0 bridgehead atoms. The summed E-state index contributed by atoms with van der Waals surface area (Å²) >= 11 is 8.76. The van der Waals surface area contributed by atoms with E-state index in [1.54, 1.807) is 30.3 Å². The molecule has 2 aromatic carbocycles. The van der Waals surface area contributed by atoms with E-state index in [9.17, 15) is 14.9 Å². The van der Waals surface area contributed by atoms with Gasteiger partial charge >= 0.3 is 5.97 Å². The van der Waals surface area contributed by atoms with Crippen molar-refractivity contribution in [3.63, 3.8) is 0 Å². The van der Waals surface area contributed by atoms with Crippen molar-refractivity contribution >= 4 is 78.1 Å². The molecule has 6 nitrogen and oxygen atoms in total. The van der Waals surface area contributed by atoms with Crippen LogP contribution in [0.1, 0.15) is 5.56 Å². The maximum Gasteiger partial charge on any atom is 0.343 e. The Labute approximate surface area is 192 Å². The highest BCUT2D eigenvalue weighted by molar-refractivity contribution is 14.1. The average Bonchev–Trinajstić information content (AvgIpc) is 2.65. The zero-order valence-corrected chi connectivity index (χ0v) is 19.8. The van der Waals surface area contributed by atoms with E-state index in [1.165, 1.54) is 13.2 Å². The fraction of sp³-hybridized carbons (Fsp3) is 0.105. The number of methoxy groups -OCH3 is 1. The summed E-state index contributed by atoms with van der Waals surface area (Å²) in [4.78, 5) is 23.6. The molecule has 0 spiro atoms. The Morgan fingerprint density at radius 2 is 2.04 bits per heavy atom. The second-order valence-corrected chi connectivity index (χ2v) is 8.24. The van der Waals surface area contributed by atoms with Gasteiger partial charge in [0.15, 0.2) is 6.61 Å². The summed E-state index contributed by atoms with van der Waals surface area (Å²) in [6.45, 7) is -0.223. The molecule has 2 rings (SSSR count). The van der Waals surface area contributed by atoms with Crippen molar-refractivity contribution in [2.75, 3.05) is 19.0 Å². The van der Waals surface area contributed by atoms with Crippen LogP contribution >= 0.6 is 54.5 Å². The molecule has 2 aromatic rings. The van der Waals surface area contributed by atoms with Gasteiger partial charge in [0.25, 0.3) is 5.91 Å². The van der Waals surface area contributed by atoms with Crippen LogP contribution in [0.3, 0.4) is 0 Å². The van der Waals surface area contributed by atoms with Gasteiger partial charge in [0.1, 0.15) is 17.4 Å². The first-order valence-corrected chi connectivity index (χ1v) is 10.4. The number of hydrogen-bond acceptors (Lipinski definition) is 5. The number of anilines is 1. The maximum absolute atomic E-state index is 12.4. The Balaban J connectivity index is 2.22. The van der Waals surface area contributed by atoms with Crippen LogP contribution in [-0.2, 0) is 14.3 Å². The lowest BCUT2D eigenvalue weighted by atomic mass is 10.1. The van der Waals surface area contributed by atoms with E-state index in [2.05, 4.69) is 41.9 Å². The molecule has 0 unspecified atom stereocenters. The molecule has 0 aromatic heterocycles. The number of nitrogens with one attached hydrogen (secondary N) is 1. The highest BCUT2D eigenvalue weighted by Crippen LogP contribution is 2.32. The van der Waals surface area contributed by atoms with Crippen LogP contribution in [0.2, 0.25) is 0 Å². The largest absolute Gasteiger partial charge is 0.480 e. The van der Waals surface area contributed by atoms with Crippen molar-refractivity contribution in [3.05, 3.63) is 60.1 Å². The van der Waals surface area contributed by atoms with Gasteiger partial charge in [-0.2, -0.15) is 5.26 Å². The number of amides is 1. The predicted octanol–water partition coefficient (Wildman–Crippen LogP) is 4.91. The van der Waals surface area contributed by atoms with Crippen molar-refractivity contribution in [1.82, 2.24) is 0 Å². The number of carbonyl (C=O) groups excluding carboxylic acids is 2. The predicted molar refractivity (Wildman–Crippen MR) is 121 cm³/mol. The number of esters is 1. The molecule has 0 saturated heterocycles. The van der Waals surface area contributed by atoms with E-state index >= 15 is 0 Å². The standard InChI is InChI=1S/C19H13Br2IN2O4/c1-27-17(25)10-28-18-15(21)6-11(7-16(18)22)5-12(9-23)19(26)24-14-4-2-3-13(20)8-14/h2-8H,10H2,1H3,(H,24,26)/b12-5-. The first-order chi connectivity index (χ1) is 13.3. The molecule has 0 fully saturated rings. The zero-order chi connectivity index (χ0) is 20.7. The Morgan fingerprint density at radius 3 is 2.64 bits per heavy atom. The quantitative estimate of drug-likeness (QED) is 0.215. The van der Waals surface area contributed by atoms with E-state index in [0.29, 0.717) is 25.0 Å². The third kappa shape index (κ3) is 6.32. The number of nitriles is 1. The number of carbonyl (C=O) groups is 2. The van der Waals surface area contributed by atoms with E-state index < -0.39 is 11.9 Å². The summed E-state index contributed by atoms with van der Waals surface area (Å²) in [5.41, 5.74) is 1.15. The van der Waals surface area contributed by atoms with Gasteiger partial charge in [-0.3, -0.25) is 4.79 Å². The summed E-state index contributed by atoms with van der Waals surface area (Å²) in [7, 11) is 1.28. The molecule has 0 aliphatic carbocycles. The van der Waals surface area contributed by atoms with Gasteiger partial charge < -0.3 is 14.8 Å². The normalized spacial score (nSPS) is 10.8. The van der Waals surface area contributed by atoms with Gasteiger partial charge in [-0.05, 0) is 80.5 Å². The number of rotatable bonds is 6. The van der Waals surface area contributed by atoms with Gasteiger partial charge in [0.2, 0.25) is 0 Å². The molecule has 9 heteroatoms. The Kier molecular flexibility index (Phi) is 8.47. The van der Waals surface area contributed by atoms with Gasteiger partial charge in [-0.25, -0.2) is 4.79 Å². The molecule has 0 aliphatic heterocycles. The van der Waals surface area contributed by atoms with Crippen molar-refractivity contribution < 1.29 is 19.1 Å². The van der Waals surface area contributed by atoms with Crippen LogP contribution in [-0.4, -0.2) is 25.6 Å². The topological polar surface area (TPSA) is 88.4 Å². The highest BCUT2D eigenvalue weighted by atomic mass is 127. The molecule has 1 N–H and O–H groups in total. The van der Waals surface area contributed by atoms with E-state index in [4.69, 9.17) is 4.74 Å². The van der Waals surface area contributed by atoms with Crippen molar-refractivity contribution in [1.29, 1.82) is 5.26 Å². The van der Waals surface area contributed by atoms with Crippen molar-refractivity contribution in [3.8, 4) is 11.8 Å².